The minimum Gasteiger partial charge on any atom is -0.327 e. The molecule has 0 aliphatic carbocycles. The van der Waals surface area contributed by atoms with Crippen molar-refractivity contribution < 1.29 is 13.6 Å². The van der Waals surface area contributed by atoms with Crippen LogP contribution in [0.4, 0.5) is 13.6 Å². The summed E-state index contributed by atoms with van der Waals surface area (Å²) < 4.78 is 25.2. The normalized spacial score (nSPS) is 30.6. The Hall–Kier alpha value is -0.870. The van der Waals surface area contributed by atoms with Gasteiger partial charge in [0.25, 0.3) is 0 Å². The Labute approximate surface area is 57.0 Å². The van der Waals surface area contributed by atoms with Crippen molar-refractivity contribution in [3.05, 3.63) is 0 Å². The van der Waals surface area contributed by atoms with E-state index in [-0.39, 0.29) is 0 Å². The summed E-state index contributed by atoms with van der Waals surface area (Å²) in [6.45, 7) is 1.27. The van der Waals surface area contributed by atoms with Crippen molar-refractivity contribution in [3.8, 4) is 0 Å². The van der Waals surface area contributed by atoms with E-state index in [0.717, 1.165) is 7.05 Å². The van der Waals surface area contributed by atoms with E-state index in [1.807, 2.05) is 0 Å². The maximum absolute atomic E-state index is 12.6. The standard InChI is InChI=1S/C5H8F2N2O/c1-3-5(6,7)9(2)4(10)8-3/h3H,1-2H3,(H,8,10). The molecule has 1 unspecified atom stereocenters. The highest BCUT2D eigenvalue weighted by Crippen LogP contribution is 2.27. The van der Waals surface area contributed by atoms with Crippen LogP contribution in [-0.2, 0) is 0 Å². The number of urea groups is 1. The summed E-state index contributed by atoms with van der Waals surface area (Å²) in [5.41, 5.74) is 0. The number of rotatable bonds is 0. The number of carbonyl (C=O) groups is 1. The number of nitrogens with zero attached hydrogens (tertiary/aromatic N) is 1. The zero-order valence-corrected chi connectivity index (χ0v) is 5.69. The fourth-order valence-corrected chi connectivity index (χ4v) is 0.795. The van der Waals surface area contributed by atoms with Gasteiger partial charge >= 0.3 is 12.1 Å². The van der Waals surface area contributed by atoms with Crippen molar-refractivity contribution in [3.63, 3.8) is 0 Å². The quantitative estimate of drug-likeness (QED) is 0.504. The Balaban J connectivity index is 2.85. The summed E-state index contributed by atoms with van der Waals surface area (Å²) in [7, 11) is 1.07. The molecule has 2 amide bonds. The summed E-state index contributed by atoms with van der Waals surface area (Å²) in [5.74, 6) is 0. The molecule has 1 aliphatic rings. The lowest BCUT2D eigenvalue weighted by molar-refractivity contribution is -0.102. The van der Waals surface area contributed by atoms with Crippen LogP contribution >= 0.6 is 0 Å². The average Bonchev–Trinajstić information content (AvgIpc) is 1.97. The molecule has 0 aromatic rings. The molecule has 1 heterocycles. The first kappa shape index (κ1) is 7.24. The van der Waals surface area contributed by atoms with Gasteiger partial charge in [0.15, 0.2) is 0 Å². The average molecular weight is 150 g/mol. The summed E-state index contributed by atoms with van der Waals surface area (Å²) >= 11 is 0. The van der Waals surface area contributed by atoms with Crippen molar-refractivity contribution in [2.45, 2.75) is 19.0 Å². The van der Waals surface area contributed by atoms with E-state index in [1.54, 1.807) is 0 Å². The molecule has 1 rings (SSSR count). The van der Waals surface area contributed by atoms with Gasteiger partial charge in [-0.15, -0.1) is 0 Å². The van der Waals surface area contributed by atoms with Crippen LogP contribution in [0.3, 0.4) is 0 Å². The number of likely N-dealkylation sites (N-methyl/N-ethyl adjacent to an activating group) is 1. The van der Waals surface area contributed by atoms with Crippen LogP contribution in [0.15, 0.2) is 0 Å². The molecule has 3 nitrogen and oxygen atoms in total. The third kappa shape index (κ3) is 0.732. The van der Waals surface area contributed by atoms with Crippen LogP contribution in [0.1, 0.15) is 6.92 Å². The number of hydrogen-bond donors (Lipinski definition) is 1. The Morgan fingerprint density at radius 3 is 2.30 bits per heavy atom. The minimum atomic E-state index is -3.04. The SMILES string of the molecule is CC1NC(=O)N(C)C1(F)F. The molecular formula is C5H8F2N2O. The van der Waals surface area contributed by atoms with Crippen LogP contribution in [-0.4, -0.2) is 30.1 Å². The molecule has 0 aromatic carbocycles. The van der Waals surface area contributed by atoms with Crippen molar-refractivity contribution in [2.24, 2.45) is 0 Å². The Bertz CT molecular complexity index is 171. The predicted molar refractivity (Wildman–Crippen MR) is 30.7 cm³/mol. The van der Waals surface area contributed by atoms with Crippen LogP contribution in [0.2, 0.25) is 0 Å². The third-order valence-electron chi connectivity index (χ3n) is 1.61. The number of halogens is 2. The van der Waals surface area contributed by atoms with E-state index in [0.29, 0.717) is 4.90 Å². The van der Waals surface area contributed by atoms with Gasteiger partial charge in [-0.2, -0.15) is 8.78 Å². The third-order valence-corrected chi connectivity index (χ3v) is 1.61. The van der Waals surface area contributed by atoms with Gasteiger partial charge in [0.1, 0.15) is 6.04 Å². The zero-order valence-electron chi connectivity index (χ0n) is 5.69. The molecule has 1 atom stereocenters. The second-order valence-electron chi connectivity index (χ2n) is 2.32. The van der Waals surface area contributed by atoms with E-state index in [2.05, 4.69) is 5.32 Å². The maximum Gasteiger partial charge on any atom is 0.348 e. The molecule has 1 N–H and O–H groups in total. The maximum atomic E-state index is 12.6. The highest BCUT2D eigenvalue weighted by molar-refractivity contribution is 5.77. The molecule has 0 radical (unpaired) electrons. The van der Waals surface area contributed by atoms with Gasteiger partial charge in [-0.05, 0) is 6.92 Å². The molecule has 0 saturated carbocycles. The van der Waals surface area contributed by atoms with E-state index in [1.165, 1.54) is 6.92 Å². The fourth-order valence-electron chi connectivity index (χ4n) is 0.795. The minimum absolute atomic E-state index is 0.400. The summed E-state index contributed by atoms with van der Waals surface area (Å²) in [4.78, 5) is 10.9. The molecule has 0 bridgehead atoms. The van der Waals surface area contributed by atoms with Crippen molar-refractivity contribution >= 4 is 6.03 Å². The highest BCUT2D eigenvalue weighted by atomic mass is 19.3. The van der Waals surface area contributed by atoms with Gasteiger partial charge in [0, 0.05) is 7.05 Å². The lowest BCUT2D eigenvalue weighted by atomic mass is 10.3. The Morgan fingerprint density at radius 2 is 2.20 bits per heavy atom. The lowest BCUT2D eigenvalue weighted by Crippen LogP contribution is -2.40. The fraction of sp³-hybridized carbons (Fsp3) is 0.800. The highest BCUT2D eigenvalue weighted by Gasteiger charge is 2.50. The van der Waals surface area contributed by atoms with E-state index in [9.17, 15) is 13.6 Å². The van der Waals surface area contributed by atoms with Crippen LogP contribution < -0.4 is 5.32 Å². The first-order chi connectivity index (χ1) is 4.46. The molecule has 1 fully saturated rings. The van der Waals surface area contributed by atoms with Crippen LogP contribution in [0.5, 0.6) is 0 Å². The van der Waals surface area contributed by atoms with Crippen molar-refractivity contribution in [2.75, 3.05) is 7.05 Å². The smallest absolute Gasteiger partial charge is 0.327 e. The number of nitrogens with one attached hydrogen (secondary N) is 1. The first-order valence-corrected chi connectivity index (χ1v) is 2.88. The number of carbonyl (C=O) groups excluding carboxylic acids is 1. The van der Waals surface area contributed by atoms with E-state index >= 15 is 0 Å². The van der Waals surface area contributed by atoms with Crippen LogP contribution in [0.25, 0.3) is 0 Å². The first-order valence-electron chi connectivity index (χ1n) is 2.88. The van der Waals surface area contributed by atoms with Crippen molar-refractivity contribution in [1.29, 1.82) is 0 Å². The Kier molecular flexibility index (Phi) is 1.31. The molecular weight excluding hydrogens is 142 g/mol. The summed E-state index contributed by atoms with van der Waals surface area (Å²) in [6, 6.07) is -4.86. The number of alkyl halides is 2. The number of hydrogen-bond acceptors (Lipinski definition) is 1. The zero-order chi connectivity index (χ0) is 7.94. The molecule has 1 aliphatic heterocycles. The number of amides is 2. The van der Waals surface area contributed by atoms with Gasteiger partial charge in [0.05, 0.1) is 0 Å². The molecule has 0 spiro atoms. The van der Waals surface area contributed by atoms with E-state index in [4.69, 9.17) is 0 Å². The molecule has 1 saturated heterocycles. The van der Waals surface area contributed by atoms with Gasteiger partial charge in [-0.3, -0.25) is 4.90 Å². The molecule has 0 aromatic heterocycles. The topological polar surface area (TPSA) is 32.3 Å². The molecule has 58 valence electrons. The largest absolute Gasteiger partial charge is 0.348 e. The van der Waals surface area contributed by atoms with Crippen molar-refractivity contribution in [1.82, 2.24) is 10.2 Å². The van der Waals surface area contributed by atoms with E-state index < -0.39 is 18.1 Å². The Morgan fingerprint density at radius 1 is 1.70 bits per heavy atom. The molecule has 10 heavy (non-hydrogen) atoms. The molecule has 5 heteroatoms. The lowest BCUT2D eigenvalue weighted by Gasteiger charge is -2.19. The monoisotopic (exact) mass is 150 g/mol. The predicted octanol–water partition coefficient (Wildman–Crippen LogP) is 0.623. The summed E-state index contributed by atoms with van der Waals surface area (Å²) in [5, 5.41) is 2.09. The van der Waals surface area contributed by atoms with Gasteiger partial charge in [0.2, 0.25) is 0 Å². The second-order valence-corrected chi connectivity index (χ2v) is 2.32. The second kappa shape index (κ2) is 1.81. The van der Waals surface area contributed by atoms with Gasteiger partial charge < -0.3 is 5.32 Å². The van der Waals surface area contributed by atoms with Gasteiger partial charge in [-0.25, -0.2) is 4.79 Å². The summed E-state index contributed by atoms with van der Waals surface area (Å²) in [6.07, 6.45) is 0. The van der Waals surface area contributed by atoms with Gasteiger partial charge in [-0.1, -0.05) is 0 Å². The van der Waals surface area contributed by atoms with Crippen LogP contribution in [0, 0.1) is 0 Å².